The number of nitrogens with zero attached hydrogens (tertiary/aromatic N) is 2. The van der Waals surface area contributed by atoms with Crippen molar-refractivity contribution in [1.29, 1.82) is 0 Å². The molecule has 0 amide bonds. The molecule has 0 aliphatic rings. The molecule has 0 fully saturated rings. The molecule has 96 valence electrons. The number of hydrogen-bond donors (Lipinski definition) is 1. The largest absolute Gasteiger partial charge is 0.416 e. The fourth-order valence-corrected chi connectivity index (χ4v) is 2.82. The van der Waals surface area contributed by atoms with Gasteiger partial charge in [0.1, 0.15) is 0 Å². The van der Waals surface area contributed by atoms with Crippen LogP contribution in [0.4, 0.5) is 0 Å². The summed E-state index contributed by atoms with van der Waals surface area (Å²) in [5.74, 6) is 0.573. The lowest BCUT2D eigenvalue weighted by Crippen LogP contribution is -2.18. The molecule has 1 unspecified atom stereocenters. The first-order valence-electron chi connectivity index (χ1n) is 5.56. The predicted molar refractivity (Wildman–Crippen MR) is 74.7 cm³/mol. The van der Waals surface area contributed by atoms with Gasteiger partial charge in [0.2, 0.25) is 5.89 Å². The van der Waals surface area contributed by atoms with Crippen LogP contribution in [0.3, 0.4) is 0 Å². The van der Waals surface area contributed by atoms with Crippen molar-refractivity contribution >= 4 is 27.7 Å². The lowest BCUT2D eigenvalue weighted by molar-refractivity contribution is 0.429. The number of benzene rings is 1. The minimum atomic E-state index is 0.114. The van der Waals surface area contributed by atoms with Gasteiger partial charge in [-0.15, -0.1) is 10.2 Å². The van der Waals surface area contributed by atoms with E-state index in [-0.39, 0.29) is 6.04 Å². The molecule has 2 rings (SSSR count). The molecule has 0 saturated carbocycles. The number of halogens is 1. The van der Waals surface area contributed by atoms with Crippen LogP contribution in [0.2, 0.25) is 0 Å². The number of aryl methyl sites for hydroxylation is 1. The molecule has 2 aromatic rings. The van der Waals surface area contributed by atoms with Gasteiger partial charge in [-0.25, -0.2) is 0 Å². The molecule has 4 nitrogen and oxygen atoms in total. The molecule has 1 atom stereocenters. The molecule has 0 bridgehead atoms. The highest BCUT2D eigenvalue weighted by Gasteiger charge is 2.11. The number of hydrogen-bond acceptors (Lipinski definition) is 5. The van der Waals surface area contributed by atoms with E-state index in [0.717, 1.165) is 15.8 Å². The normalized spacial score (nSPS) is 12.7. The molecule has 1 aromatic heterocycles. The van der Waals surface area contributed by atoms with Crippen molar-refractivity contribution in [3.05, 3.63) is 34.1 Å². The first-order valence-corrected chi connectivity index (χ1v) is 7.17. The molecule has 0 aliphatic heterocycles. The summed E-state index contributed by atoms with van der Waals surface area (Å²) in [7, 11) is 0. The van der Waals surface area contributed by atoms with Crippen LogP contribution in [0.15, 0.2) is 37.2 Å². The SMILES string of the molecule is Cc1nnc(Sc2ccc(Br)cc2CC(C)N)o1. The van der Waals surface area contributed by atoms with Gasteiger partial charge < -0.3 is 10.2 Å². The van der Waals surface area contributed by atoms with Gasteiger partial charge in [0.05, 0.1) is 0 Å². The Bertz CT molecular complexity index is 542. The number of rotatable bonds is 4. The third-order valence-electron chi connectivity index (χ3n) is 2.27. The van der Waals surface area contributed by atoms with Gasteiger partial charge in [-0.3, -0.25) is 0 Å². The van der Waals surface area contributed by atoms with E-state index in [2.05, 4.69) is 32.2 Å². The van der Waals surface area contributed by atoms with Crippen molar-refractivity contribution in [2.45, 2.75) is 36.4 Å². The molecular weight excluding hydrogens is 314 g/mol. The van der Waals surface area contributed by atoms with Gasteiger partial charge in [0.25, 0.3) is 5.22 Å². The fourth-order valence-electron chi connectivity index (χ4n) is 1.57. The van der Waals surface area contributed by atoms with Crippen LogP contribution in [0, 0.1) is 6.92 Å². The Morgan fingerprint density at radius 1 is 1.44 bits per heavy atom. The van der Waals surface area contributed by atoms with Gasteiger partial charge in [-0.05, 0) is 48.9 Å². The summed E-state index contributed by atoms with van der Waals surface area (Å²) >= 11 is 4.94. The first kappa shape index (κ1) is 13.6. The summed E-state index contributed by atoms with van der Waals surface area (Å²) in [5.41, 5.74) is 7.05. The molecular formula is C12H14BrN3OS. The monoisotopic (exact) mass is 327 g/mol. The summed E-state index contributed by atoms with van der Waals surface area (Å²) in [6, 6.07) is 6.22. The molecule has 1 heterocycles. The summed E-state index contributed by atoms with van der Waals surface area (Å²) < 4.78 is 6.42. The maximum absolute atomic E-state index is 5.86. The summed E-state index contributed by atoms with van der Waals surface area (Å²) in [6.07, 6.45) is 0.814. The van der Waals surface area contributed by atoms with E-state index >= 15 is 0 Å². The number of nitrogens with two attached hydrogens (primary N) is 1. The second-order valence-corrected chi connectivity index (χ2v) is 6.03. The summed E-state index contributed by atoms with van der Waals surface area (Å²) in [6.45, 7) is 3.77. The zero-order valence-corrected chi connectivity index (χ0v) is 12.6. The van der Waals surface area contributed by atoms with Gasteiger partial charge in [0, 0.05) is 22.3 Å². The van der Waals surface area contributed by atoms with Crippen molar-refractivity contribution in [2.75, 3.05) is 0 Å². The minimum absolute atomic E-state index is 0.114. The maximum Gasteiger partial charge on any atom is 0.281 e. The van der Waals surface area contributed by atoms with E-state index in [1.807, 2.05) is 19.1 Å². The second-order valence-electron chi connectivity index (χ2n) is 4.12. The Kier molecular flexibility index (Phi) is 4.42. The lowest BCUT2D eigenvalue weighted by atomic mass is 10.1. The van der Waals surface area contributed by atoms with Crippen LogP contribution in [-0.4, -0.2) is 16.2 Å². The van der Waals surface area contributed by atoms with Crippen molar-refractivity contribution in [3.63, 3.8) is 0 Å². The first-order chi connectivity index (χ1) is 8.54. The van der Waals surface area contributed by atoms with E-state index in [9.17, 15) is 0 Å². The fraction of sp³-hybridized carbons (Fsp3) is 0.333. The Hall–Kier alpha value is -0.850. The molecule has 0 saturated heterocycles. The van der Waals surface area contributed by atoms with E-state index in [0.29, 0.717) is 11.1 Å². The highest BCUT2D eigenvalue weighted by atomic mass is 79.9. The summed E-state index contributed by atoms with van der Waals surface area (Å²) in [4.78, 5) is 1.10. The van der Waals surface area contributed by atoms with Crippen LogP contribution in [0.1, 0.15) is 18.4 Å². The molecule has 18 heavy (non-hydrogen) atoms. The van der Waals surface area contributed by atoms with Crippen molar-refractivity contribution < 1.29 is 4.42 Å². The van der Waals surface area contributed by atoms with Crippen molar-refractivity contribution in [1.82, 2.24) is 10.2 Å². The Morgan fingerprint density at radius 2 is 2.22 bits per heavy atom. The average Bonchev–Trinajstić information content (AvgIpc) is 2.67. The van der Waals surface area contributed by atoms with Crippen LogP contribution in [0.25, 0.3) is 0 Å². The van der Waals surface area contributed by atoms with Gasteiger partial charge in [0.15, 0.2) is 0 Å². The molecule has 0 radical (unpaired) electrons. The van der Waals surface area contributed by atoms with Crippen LogP contribution >= 0.6 is 27.7 Å². The van der Waals surface area contributed by atoms with Gasteiger partial charge >= 0.3 is 0 Å². The Labute approximate surface area is 118 Å². The van der Waals surface area contributed by atoms with E-state index < -0.39 is 0 Å². The standard InChI is InChI=1S/C12H14BrN3OS/c1-7(14)5-9-6-10(13)3-4-11(9)18-12-16-15-8(2)17-12/h3-4,6-7H,5,14H2,1-2H3. The topological polar surface area (TPSA) is 64.9 Å². The molecule has 2 N–H and O–H groups in total. The van der Waals surface area contributed by atoms with Crippen molar-refractivity contribution in [3.8, 4) is 0 Å². The lowest BCUT2D eigenvalue weighted by Gasteiger charge is -2.10. The highest BCUT2D eigenvalue weighted by Crippen LogP contribution is 2.31. The molecule has 0 aliphatic carbocycles. The molecule has 6 heteroatoms. The van der Waals surface area contributed by atoms with Gasteiger partial charge in [-0.1, -0.05) is 15.9 Å². The predicted octanol–water partition coefficient (Wildman–Crippen LogP) is 3.18. The quantitative estimate of drug-likeness (QED) is 0.934. The smallest absolute Gasteiger partial charge is 0.281 e. The minimum Gasteiger partial charge on any atom is -0.416 e. The number of aromatic nitrogens is 2. The van der Waals surface area contributed by atoms with E-state index in [4.69, 9.17) is 10.2 Å². The van der Waals surface area contributed by atoms with E-state index in [1.165, 1.54) is 17.3 Å². The maximum atomic E-state index is 5.86. The second kappa shape index (κ2) is 5.86. The summed E-state index contributed by atoms with van der Waals surface area (Å²) in [5, 5.41) is 8.36. The molecule has 0 spiro atoms. The third-order valence-corrected chi connectivity index (χ3v) is 3.72. The molecule has 1 aromatic carbocycles. The van der Waals surface area contributed by atoms with Crippen LogP contribution in [0.5, 0.6) is 0 Å². The van der Waals surface area contributed by atoms with E-state index in [1.54, 1.807) is 6.92 Å². The van der Waals surface area contributed by atoms with Crippen molar-refractivity contribution in [2.24, 2.45) is 5.73 Å². The van der Waals surface area contributed by atoms with Gasteiger partial charge in [-0.2, -0.15) is 0 Å². The van der Waals surface area contributed by atoms with Crippen LogP contribution in [-0.2, 0) is 6.42 Å². The average molecular weight is 328 g/mol. The highest BCUT2D eigenvalue weighted by molar-refractivity contribution is 9.10. The zero-order valence-electron chi connectivity index (χ0n) is 10.2. The Balaban J connectivity index is 2.26. The van der Waals surface area contributed by atoms with Crippen LogP contribution < -0.4 is 5.73 Å². The Morgan fingerprint density at radius 3 is 2.83 bits per heavy atom. The zero-order chi connectivity index (χ0) is 13.1. The third kappa shape index (κ3) is 3.57.